The van der Waals surface area contributed by atoms with Gasteiger partial charge in [-0.25, -0.2) is 14.8 Å². The lowest BCUT2D eigenvalue weighted by Gasteiger charge is -2.25. The molecule has 1 unspecified atom stereocenters. The lowest BCUT2D eigenvalue weighted by atomic mass is 9.97. The normalized spacial score (nSPS) is 12.0. The highest BCUT2D eigenvalue weighted by Gasteiger charge is 2.31. The Bertz CT molecular complexity index is 1640. The number of fused-ring (bicyclic) bond motifs is 1. The fraction of sp³-hybridized carbons (Fsp3) is 0.441. The Labute approximate surface area is 276 Å². The molecular formula is C34H41Br2N3O5. The molecule has 0 aliphatic carbocycles. The van der Waals surface area contributed by atoms with E-state index < -0.39 is 12.1 Å². The molecule has 0 aliphatic heterocycles. The van der Waals surface area contributed by atoms with Gasteiger partial charge in [0.25, 0.3) is 0 Å². The van der Waals surface area contributed by atoms with Gasteiger partial charge in [-0.2, -0.15) is 0 Å². The molecule has 1 atom stereocenters. The van der Waals surface area contributed by atoms with Gasteiger partial charge >= 0.3 is 5.97 Å². The molecule has 8 nitrogen and oxygen atoms in total. The summed E-state index contributed by atoms with van der Waals surface area (Å²) >= 11 is 7.20. The van der Waals surface area contributed by atoms with Crippen molar-refractivity contribution in [1.29, 1.82) is 0 Å². The first-order valence-electron chi connectivity index (χ1n) is 14.9. The van der Waals surface area contributed by atoms with Crippen molar-refractivity contribution in [2.45, 2.75) is 79.4 Å². The lowest BCUT2D eigenvalue weighted by Crippen LogP contribution is -2.22. The standard InChI is InChI=1S/C34H41Br2N3O5/c1-9-12-22-15-21(18-39-26(11-3)38-28-19(4)14-20(5)37-33(28)39)16-23(13-10-2)29(22)44-30(34(40)43-8)24-17-25(35)31(41-6)32(42-7)27(24)36/h14-17,30H,9-13,18H2,1-8H3. The van der Waals surface area contributed by atoms with Gasteiger partial charge in [-0.15, -0.1) is 0 Å². The molecule has 4 aromatic rings. The van der Waals surface area contributed by atoms with Crippen molar-refractivity contribution < 1.29 is 23.7 Å². The van der Waals surface area contributed by atoms with Gasteiger partial charge in [-0.3, -0.25) is 0 Å². The van der Waals surface area contributed by atoms with E-state index in [2.05, 4.69) is 82.3 Å². The maximum atomic E-state index is 13.3. The SMILES string of the molecule is CCCc1cc(Cn2c(CC)nc3c(C)cc(C)nc32)cc(CCC)c1OC(C(=O)OC)c1cc(Br)c(OC)c(OC)c1Br. The number of ether oxygens (including phenoxy) is 4. The second-order valence-corrected chi connectivity index (χ2v) is 12.5. The van der Waals surface area contributed by atoms with Gasteiger partial charge in [0.1, 0.15) is 17.1 Å². The summed E-state index contributed by atoms with van der Waals surface area (Å²) in [5, 5.41) is 0. The molecule has 0 N–H and O–H groups in total. The van der Waals surface area contributed by atoms with Crippen LogP contribution in [0.4, 0.5) is 0 Å². The van der Waals surface area contributed by atoms with Crippen molar-refractivity contribution in [2.24, 2.45) is 0 Å². The number of hydrogen-bond acceptors (Lipinski definition) is 7. The molecule has 4 rings (SSSR count). The number of hydrogen-bond donors (Lipinski definition) is 0. The molecule has 0 saturated carbocycles. The average Bonchev–Trinajstić information content (AvgIpc) is 3.35. The Morgan fingerprint density at radius 3 is 2.07 bits per heavy atom. The number of pyridine rings is 1. The Hall–Kier alpha value is -3.11. The van der Waals surface area contributed by atoms with E-state index in [0.29, 0.717) is 38.3 Å². The molecule has 0 amide bonds. The molecule has 2 aromatic carbocycles. The Morgan fingerprint density at radius 2 is 1.52 bits per heavy atom. The smallest absolute Gasteiger partial charge is 0.351 e. The number of esters is 1. The van der Waals surface area contributed by atoms with E-state index >= 15 is 0 Å². The van der Waals surface area contributed by atoms with Crippen LogP contribution in [0.25, 0.3) is 11.2 Å². The fourth-order valence-corrected chi connectivity index (χ4v) is 6.93. The Balaban J connectivity index is 1.86. The monoisotopic (exact) mass is 729 g/mol. The van der Waals surface area contributed by atoms with Gasteiger partial charge in [0.15, 0.2) is 17.1 Å². The first-order chi connectivity index (χ1) is 21.1. The number of aryl methyl sites for hydroxylation is 5. The molecule has 2 heterocycles. The van der Waals surface area contributed by atoms with Crippen molar-refractivity contribution in [1.82, 2.24) is 14.5 Å². The number of benzene rings is 2. The summed E-state index contributed by atoms with van der Waals surface area (Å²) in [6, 6.07) is 8.27. The first-order valence-corrected chi connectivity index (χ1v) is 16.5. The van der Waals surface area contributed by atoms with Gasteiger partial charge in [-0.05, 0) is 92.9 Å². The quantitative estimate of drug-likeness (QED) is 0.128. The van der Waals surface area contributed by atoms with Crippen LogP contribution >= 0.6 is 31.9 Å². The number of aromatic nitrogens is 3. The van der Waals surface area contributed by atoms with Crippen molar-refractivity contribution in [3.63, 3.8) is 0 Å². The molecule has 0 spiro atoms. The molecule has 0 aliphatic rings. The first kappa shape index (κ1) is 33.8. The predicted molar refractivity (Wildman–Crippen MR) is 180 cm³/mol. The second kappa shape index (κ2) is 14.8. The minimum absolute atomic E-state index is 0.450. The summed E-state index contributed by atoms with van der Waals surface area (Å²) in [5.74, 6) is 2.15. The van der Waals surface area contributed by atoms with E-state index in [0.717, 1.165) is 77.0 Å². The van der Waals surface area contributed by atoms with Crippen LogP contribution in [0.15, 0.2) is 33.2 Å². The molecule has 44 heavy (non-hydrogen) atoms. The predicted octanol–water partition coefficient (Wildman–Crippen LogP) is 8.40. The lowest BCUT2D eigenvalue weighted by molar-refractivity contribution is -0.149. The molecule has 0 saturated heterocycles. The Kier molecular flexibility index (Phi) is 11.3. The van der Waals surface area contributed by atoms with Gasteiger partial charge < -0.3 is 23.5 Å². The van der Waals surface area contributed by atoms with E-state index in [-0.39, 0.29) is 0 Å². The zero-order valence-corrected chi connectivity index (χ0v) is 29.9. The van der Waals surface area contributed by atoms with E-state index in [1.807, 2.05) is 6.92 Å². The van der Waals surface area contributed by atoms with Crippen LogP contribution in [0.5, 0.6) is 17.2 Å². The number of nitrogens with zero attached hydrogens (tertiary/aromatic N) is 3. The number of carbonyl (C=O) groups excluding carboxylic acids is 1. The van der Waals surface area contributed by atoms with Crippen LogP contribution in [-0.2, 0) is 35.3 Å². The third-order valence-corrected chi connectivity index (χ3v) is 9.01. The maximum absolute atomic E-state index is 13.3. The number of carbonyl (C=O) groups is 1. The molecule has 2 aromatic heterocycles. The maximum Gasteiger partial charge on any atom is 0.351 e. The van der Waals surface area contributed by atoms with Crippen LogP contribution in [0.2, 0.25) is 0 Å². The summed E-state index contributed by atoms with van der Waals surface area (Å²) in [6.07, 6.45) is 3.14. The number of methoxy groups -OCH3 is 3. The average molecular weight is 732 g/mol. The minimum Gasteiger partial charge on any atom is -0.492 e. The van der Waals surface area contributed by atoms with Gasteiger partial charge in [0.05, 0.1) is 36.8 Å². The van der Waals surface area contributed by atoms with Crippen molar-refractivity contribution >= 4 is 49.0 Å². The summed E-state index contributed by atoms with van der Waals surface area (Å²) in [6.45, 7) is 11.2. The number of rotatable bonds is 13. The summed E-state index contributed by atoms with van der Waals surface area (Å²) < 4.78 is 26.5. The van der Waals surface area contributed by atoms with Crippen LogP contribution in [0.1, 0.15) is 79.1 Å². The zero-order valence-electron chi connectivity index (χ0n) is 26.8. The van der Waals surface area contributed by atoms with Gasteiger partial charge in [-0.1, -0.05) is 45.7 Å². The minimum atomic E-state index is -1.05. The summed E-state index contributed by atoms with van der Waals surface area (Å²) in [7, 11) is 4.48. The van der Waals surface area contributed by atoms with Crippen molar-refractivity contribution in [3.05, 3.63) is 72.5 Å². The highest BCUT2D eigenvalue weighted by atomic mass is 79.9. The van der Waals surface area contributed by atoms with Crippen LogP contribution in [0, 0.1) is 13.8 Å². The third kappa shape index (κ3) is 6.76. The molecule has 0 fully saturated rings. The number of halogens is 2. The molecular weight excluding hydrogens is 690 g/mol. The highest BCUT2D eigenvalue weighted by molar-refractivity contribution is 9.11. The van der Waals surface area contributed by atoms with E-state index in [4.69, 9.17) is 28.9 Å². The molecule has 0 radical (unpaired) electrons. The molecule has 236 valence electrons. The third-order valence-electron chi connectivity index (χ3n) is 7.60. The van der Waals surface area contributed by atoms with Crippen molar-refractivity contribution in [2.75, 3.05) is 21.3 Å². The summed E-state index contributed by atoms with van der Waals surface area (Å²) in [4.78, 5) is 23.1. The van der Waals surface area contributed by atoms with Gasteiger partial charge in [0, 0.05) is 17.7 Å². The van der Waals surface area contributed by atoms with Crippen molar-refractivity contribution in [3.8, 4) is 17.2 Å². The van der Waals surface area contributed by atoms with Crippen LogP contribution < -0.4 is 14.2 Å². The fourth-order valence-electron chi connectivity index (χ4n) is 5.68. The molecule has 0 bridgehead atoms. The number of imidazole rings is 1. The van der Waals surface area contributed by atoms with E-state index in [1.165, 1.54) is 7.11 Å². The van der Waals surface area contributed by atoms with E-state index in [1.54, 1.807) is 20.3 Å². The van der Waals surface area contributed by atoms with Crippen LogP contribution in [0.3, 0.4) is 0 Å². The second-order valence-electron chi connectivity index (χ2n) is 10.8. The summed E-state index contributed by atoms with van der Waals surface area (Å²) in [5.41, 5.74) is 7.74. The largest absolute Gasteiger partial charge is 0.492 e. The van der Waals surface area contributed by atoms with Gasteiger partial charge in [0.2, 0.25) is 6.10 Å². The molecule has 10 heteroatoms. The topological polar surface area (TPSA) is 84.7 Å². The Morgan fingerprint density at radius 1 is 0.886 bits per heavy atom. The highest BCUT2D eigenvalue weighted by Crippen LogP contribution is 2.46. The zero-order chi connectivity index (χ0) is 32.1. The van der Waals surface area contributed by atoms with Crippen LogP contribution in [-0.4, -0.2) is 41.8 Å². The van der Waals surface area contributed by atoms with E-state index in [9.17, 15) is 4.79 Å².